The molecular formula is C31H28FN3O. The van der Waals surface area contributed by atoms with Crippen molar-refractivity contribution < 1.29 is 9.18 Å². The average Bonchev–Trinajstić information content (AvgIpc) is 3.26. The minimum Gasteiger partial charge on any atom is -0.352 e. The van der Waals surface area contributed by atoms with Gasteiger partial charge < -0.3 is 9.88 Å². The first-order chi connectivity index (χ1) is 17.6. The number of aryl methyl sites for hydroxylation is 1. The van der Waals surface area contributed by atoms with E-state index in [2.05, 4.69) is 64.4 Å². The maximum absolute atomic E-state index is 15.1. The first-order valence-corrected chi connectivity index (χ1v) is 12.1. The summed E-state index contributed by atoms with van der Waals surface area (Å²) < 4.78 is 17.3. The second-order valence-electron chi connectivity index (χ2n) is 9.13. The van der Waals surface area contributed by atoms with Crippen LogP contribution in [0.5, 0.6) is 0 Å². The lowest BCUT2D eigenvalue weighted by atomic mass is 9.87. The number of hydrogen-bond donors (Lipinski definition) is 1. The van der Waals surface area contributed by atoms with Crippen LogP contribution in [0.4, 0.5) is 4.39 Å². The SMILES string of the molecule is Cc1ccc(Cn2cc([C@H](CC(=O)NCc3ccncc3)c3ccccc3F)c3ccccc32)cc1. The van der Waals surface area contributed by atoms with Gasteiger partial charge >= 0.3 is 0 Å². The van der Waals surface area contributed by atoms with Crippen molar-refractivity contribution in [3.05, 3.63) is 137 Å². The topological polar surface area (TPSA) is 46.9 Å². The molecule has 0 bridgehead atoms. The minimum absolute atomic E-state index is 0.129. The Bertz CT molecular complexity index is 1480. The summed E-state index contributed by atoms with van der Waals surface area (Å²) >= 11 is 0. The molecule has 36 heavy (non-hydrogen) atoms. The fourth-order valence-corrected chi connectivity index (χ4v) is 4.68. The summed E-state index contributed by atoms with van der Waals surface area (Å²) in [7, 11) is 0. The Morgan fingerprint density at radius 1 is 0.889 bits per heavy atom. The first-order valence-electron chi connectivity index (χ1n) is 12.1. The number of fused-ring (bicyclic) bond motifs is 1. The molecule has 0 radical (unpaired) electrons. The summed E-state index contributed by atoms with van der Waals surface area (Å²) in [4.78, 5) is 17.1. The highest BCUT2D eigenvalue weighted by molar-refractivity contribution is 5.86. The van der Waals surface area contributed by atoms with Gasteiger partial charge in [-0.25, -0.2) is 4.39 Å². The van der Waals surface area contributed by atoms with Crippen LogP contribution >= 0.6 is 0 Å². The van der Waals surface area contributed by atoms with Gasteiger partial charge in [0, 0.05) is 54.9 Å². The fraction of sp³-hybridized carbons (Fsp3) is 0.161. The molecule has 0 fully saturated rings. The van der Waals surface area contributed by atoms with E-state index in [-0.39, 0.29) is 18.1 Å². The van der Waals surface area contributed by atoms with Crippen molar-refractivity contribution in [2.24, 2.45) is 0 Å². The fourth-order valence-electron chi connectivity index (χ4n) is 4.68. The first kappa shape index (κ1) is 23.5. The van der Waals surface area contributed by atoms with Gasteiger partial charge in [-0.15, -0.1) is 0 Å². The molecular weight excluding hydrogens is 449 g/mol. The van der Waals surface area contributed by atoms with E-state index in [0.29, 0.717) is 18.7 Å². The van der Waals surface area contributed by atoms with Crippen molar-refractivity contribution in [3.8, 4) is 0 Å². The molecule has 5 aromatic rings. The van der Waals surface area contributed by atoms with Crippen molar-refractivity contribution in [3.63, 3.8) is 0 Å². The summed E-state index contributed by atoms with van der Waals surface area (Å²) in [6.45, 7) is 3.17. The number of hydrogen-bond acceptors (Lipinski definition) is 2. The van der Waals surface area contributed by atoms with Crippen LogP contribution < -0.4 is 5.32 Å². The van der Waals surface area contributed by atoms with Crippen molar-refractivity contribution >= 4 is 16.8 Å². The summed E-state index contributed by atoms with van der Waals surface area (Å²) in [5.41, 5.74) is 5.90. The van der Waals surface area contributed by atoms with Crippen LogP contribution in [-0.2, 0) is 17.9 Å². The van der Waals surface area contributed by atoms with Gasteiger partial charge in [0.25, 0.3) is 0 Å². The molecule has 4 nitrogen and oxygen atoms in total. The molecule has 5 heteroatoms. The van der Waals surface area contributed by atoms with Gasteiger partial charge in [-0.1, -0.05) is 66.2 Å². The van der Waals surface area contributed by atoms with Crippen LogP contribution in [0.15, 0.2) is 104 Å². The highest BCUT2D eigenvalue weighted by Crippen LogP contribution is 2.36. The average molecular weight is 478 g/mol. The summed E-state index contributed by atoms with van der Waals surface area (Å²) in [6.07, 6.45) is 5.63. The summed E-state index contributed by atoms with van der Waals surface area (Å²) in [5, 5.41) is 4.02. The molecule has 0 aliphatic heterocycles. The predicted molar refractivity (Wildman–Crippen MR) is 141 cm³/mol. The number of nitrogens with one attached hydrogen (secondary N) is 1. The lowest BCUT2D eigenvalue weighted by molar-refractivity contribution is -0.121. The van der Waals surface area contributed by atoms with E-state index < -0.39 is 5.92 Å². The molecule has 1 N–H and O–H groups in total. The number of carbonyl (C=O) groups excluding carboxylic acids is 1. The largest absolute Gasteiger partial charge is 0.352 e. The maximum Gasteiger partial charge on any atom is 0.221 e. The van der Waals surface area contributed by atoms with Crippen LogP contribution in [0, 0.1) is 12.7 Å². The molecule has 3 aromatic carbocycles. The molecule has 2 heterocycles. The Hall–Kier alpha value is -4.25. The third kappa shape index (κ3) is 5.20. The number of rotatable bonds is 8. The molecule has 0 aliphatic carbocycles. The lowest BCUT2D eigenvalue weighted by Gasteiger charge is -2.18. The van der Waals surface area contributed by atoms with Crippen LogP contribution in [-0.4, -0.2) is 15.5 Å². The van der Waals surface area contributed by atoms with Gasteiger partial charge in [-0.3, -0.25) is 9.78 Å². The van der Waals surface area contributed by atoms with E-state index in [1.165, 1.54) is 17.2 Å². The maximum atomic E-state index is 15.1. The van der Waals surface area contributed by atoms with Gasteiger partial charge in [0.2, 0.25) is 5.91 Å². The minimum atomic E-state index is -0.423. The Balaban J connectivity index is 1.50. The summed E-state index contributed by atoms with van der Waals surface area (Å²) in [6, 6.07) is 27.1. The Labute approximate surface area is 210 Å². The summed E-state index contributed by atoms with van der Waals surface area (Å²) in [5.74, 6) is -0.858. The van der Waals surface area contributed by atoms with Crippen LogP contribution in [0.25, 0.3) is 10.9 Å². The number of pyridine rings is 1. The van der Waals surface area contributed by atoms with Crippen LogP contribution in [0.3, 0.4) is 0 Å². The quantitative estimate of drug-likeness (QED) is 0.282. The predicted octanol–water partition coefficient (Wildman–Crippen LogP) is 6.37. The van der Waals surface area contributed by atoms with E-state index in [4.69, 9.17) is 0 Å². The van der Waals surface area contributed by atoms with E-state index in [9.17, 15) is 4.79 Å². The van der Waals surface area contributed by atoms with Crippen molar-refractivity contribution in [1.29, 1.82) is 0 Å². The normalized spacial score (nSPS) is 11.9. The van der Waals surface area contributed by atoms with Gasteiger partial charge in [0.15, 0.2) is 0 Å². The number of aromatic nitrogens is 2. The van der Waals surface area contributed by atoms with E-state index in [1.807, 2.05) is 30.3 Å². The van der Waals surface area contributed by atoms with Crippen LogP contribution in [0.1, 0.15) is 40.2 Å². The third-order valence-electron chi connectivity index (χ3n) is 6.58. The van der Waals surface area contributed by atoms with Crippen molar-refractivity contribution in [2.45, 2.75) is 32.4 Å². The zero-order valence-electron chi connectivity index (χ0n) is 20.2. The zero-order chi connectivity index (χ0) is 24.9. The molecule has 1 amide bonds. The van der Waals surface area contributed by atoms with Gasteiger partial charge in [0.05, 0.1) is 0 Å². The molecule has 2 aromatic heterocycles. The highest BCUT2D eigenvalue weighted by atomic mass is 19.1. The number of para-hydroxylation sites is 1. The van der Waals surface area contributed by atoms with Gasteiger partial charge in [-0.2, -0.15) is 0 Å². The van der Waals surface area contributed by atoms with Crippen molar-refractivity contribution in [1.82, 2.24) is 14.9 Å². The number of benzene rings is 3. The smallest absolute Gasteiger partial charge is 0.221 e. The number of amides is 1. The van der Waals surface area contributed by atoms with E-state index >= 15 is 4.39 Å². The standard InChI is InChI=1S/C31H28FN3O/c1-22-10-12-24(13-11-22)20-35-21-28(26-7-3-5-9-30(26)35)27(25-6-2-4-8-29(25)32)18-31(36)34-19-23-14-16-33-17-15-23/h2-17,21,27H,18-20H2,1H3,(H,34,36)/t27-/m1/s1. The molecule has 0 aliphatic rings. The second-order valence-corrected chi connectivity index (χ2v) is 9.13. The van der Waals surface area contributed by atoms with Crippen molar-refractivity contribution in [2.75, 3.05) is 0 Å². The number of carbonyl (C=O) groups is 1. The van der Waals surface area contributed by atoms with Crippen LogP contribution in [0.2, 0.25) is 0 Å². The number of halogens is 1. The molecule has 1 atom stereocenters. The molecule has 0 saturated heterocycles. The Morgan fingerprint density at radius 3 is 2.39 bits per heavy atom. The molecule has 180 valence electrons. The van der Waals surface area contributed by atoms with E-state index in [1.54, 1.807) is 24.5 Å². The van der Waals surface area contributed by atoms with Gasteiger partial charge in [-0.05, 0) is 53.4 Å². The zero-order valence-corrected chi connectivity index (χ0v) is 20.2. The number of nitrogens with zero attached hydrogens (tertiary/aromatic N) is 2. The van der Waals surface area contributed by atoms with Gasteiger partial charge in [0.1, 0.15) is 5.82 Å². The molecule has 5 rings (SSSR count). The molecule has 0 saturated carbocycles. The monoisotopic (exact) mass is 477 g/mol. The highest BCUT2D eigenvalue weighted by Gasteiger charge is 2.25. The second kappa shape index (κ2) is 10.6. The molecule has 0 unspecified atom stereocenters. The van der Waals surface area contributed by atoms with E-state index in [0.717, 1.165) is 22.0 Å². The third-order valence-corrected chi connectivity index (χ3v) is 6.58. The Kier molecular flexibility index (Phi) is 6.89. The Morgan fingerprint density at radius 2 is 1.61 bits per heavy atom. The molecule has 0 spiro atoms. The lowest BCUT2D eigenvalue weighted by Crippen LogP contribution is -2.25.